The summed E-state index contributed by atoms with van der Waals surface area (Å²) in [7, 11) is 0. The highest BCUT2D eigenvalue weighted by atomic mass is 79.9. The predicted molar refractivity (Wildman–Crippen MR) is 77.2 cm³/mol. The third-order valence-electron chi connectivity index (χ3n) is 3.95. The molecule has 4 rings (SSSR count). The Hall–Kier alpha value is -1.07. The second-order valence-electron chi connectivity index (χ2n) is 5.21. The molecule has 2 bridgehead atoms. The number of amides is 1. The number of fused-ring (bicyclic) bond motifs is 3. The molecule has 5 heteroatoms. The van der Waals surface area contributed by atoms with Gasteiger partial charge in [0, 0.05) is 16.7 Å². The number of benzene rings is 1. The Bertz CT molecular complexity index is 455. The average Bonchev–Trinajstić information content (AvgIpc) is 2.43. The van der Waals surface area contributed by atoms with Crippen LogP contribution in [0.5, 0.6) is 0 Å². The largest absolute Gasteiger partial charge is 0.444 e. The van der Waals surface area contributed by atoms with E-state index in [1.54, 1.807) is 0 Å². The summed E-state index contributed by atoms with van der Waals surface area (Å²) in [6.45, 7) is 3.19. The number of nitrogens with one attached hydrogen (secondary N) is 1. The van der Waals surface area contributed by atoms with Gasteiger partial charge < -0.3 is 4.74 Å². The lowest BCUT2D eigenvalue weighted by atomic mass is 9.85. The first-order valence-electron chi connectivity index (χ1n) is 6.66. The average molecular weight is 324 g/mol. The molecular weight excluding hydrogens is 307 g/mol. The molecular formula is C14H17BrN2O2. The van der Waals surface area contributed by atoms with Crippen molar-refractivity contribution in [2.24, 2.45) is 5.92 Å². The first-order chi connectivity index (χ1) is 9.20. The smallest absolute Gasteiger partial charge is 0.411 e. The molecule has 1 aromatic carbocycles. The van der Waals surface area contributed by atoms with E-state index in [0.717, 1.165) is 42.6 Å². The highest BCUT2D eigenvalue weighted by Crippen LogP contribution is 2.29. The highest BCUT2D eigenvalue weighted by Gasteiger charge is 2.36. The molecule has 3 fully saturated rings. The van der Waals surface area contributed by atoms with Crippen LogP contribution >= 0.6 is 15.9 Å². The fourth-order valence-electron chi connectivity index (χ4n) is 2.86. The Kier molecular flexibility index (Phi) is 3.75. The molecule has 0 spiro atoms. The molecule has 1 amide bonds. The van der Waals surface area contributed by atoms with Crippen LogP contribution in [0.25, 0.3) is 0 Å². The Morgan fingerprint density at radius 2 is 1.95 bits per heavy atom. The van der Waals surface area contributed by atoms with Gasteiger partial charge in [-0.3, -0.25) is 10.2 Å². The zero-order valence-electron chi connectivity index (χ0n) is 10.6. The molecule has 102 valence electrons. The fourth-order valence-corrected chi connectivity index (χ4v) is 3.13. The van der Waals surface area contributed by atoms with Crippen LogP contribution in [0.4, 0.5) is 10.5 Å². The molecule has 0 saturated carbocycles. The van der Waals surface area contributed by atoms with E-state index in [1.165, 1.54) is 0 Å². The number of ether oxygens (including phenoxy) is 1. The zero-order chi connectivity index (χ0) is 13.2. The van der Waals surface area contributed by atoms with Crippen molar-refractivity contribution in [1.29, 1.82) is 0 Å². The second kappa shape index (κ2) is 5.51. The zero-order valence-corrected chi connectivity index (χ0v) is 12.2. The summed E-state index contributed by atoms with van der Waals surface area (Å²) in [6, 6.07) is 7.48. The standard InChI is InChI=1S/C14H17BrN2O2/c15-11-1-3-12(4-2-11)16-14(18)19-13-9-17-7-5-10(13)6-8-17/h1-4,10,13H,5-9H2,(H,16,18)/t13-/m0/s1/i14-1. The van der Waals surface area contributed by atoms with E-state index in [1.807, 2.05) is 24.3 Å². The van der Waals surface area contributed by atoms with Crippen molar-refractivity contribution in [1.82, 2.24) is 4.90 Å². The first-order valence-corrected chi connectivity index (χ1v) is 7.45. The van der Waals surface area contributed by atoms with E-state index in [9.17, 15) is 4.79 Å². The number of carbonyl (C=O) groups is 1. The van der Waals surface area contributed by atoms with Gasteiger partial charge in [0.2, 0.25) is 0 Å². The van der Waals surface area contributed by atoms with Crippen LogP contribution in [0.1, 0.15) is 12.8 Å². The second-order valence-corrected chi connectivity index (χ2v) is 6.13. The van der Waals surface area contributed by atoms with E-state index < -0.39 is 0 Å². The van der Waals surface area contributed by atoms with Gasteiger partial charge in [0.15, 0.2) is 0 Å². The van der Waals surface area contributed by atoms with Gasteiger partial charge in [-0.05, 0) is 56.1 Å². The van der Waals surface area contributed by atoms with Crippen molar-refractivity contribution in [3.63, 3.8) is 0 Å². The van der Waals surface area contributed by atoms with E-state index >= 15 is 0 Å². The maximum atomic E-state index is 11.9. The molecule has 1 N–H and O–H groups in total. The van der Waals surface area contributed by atoms with Crippen LogP contribution in [0.3, 0.4) is 0 Å². The fraction of sp³-hybridized carbons (Fsp3) is 0.500. The Labute approximate surface area is 121 Å². The maximum Gasteiger partial charge on any atom is 0.411 e. The molecule has 19 heavy (non-hydrogen) atoms. The van der Waals surface area contributed by atoms with Gasteiger partial charge in [-0.25, -0.2) is 4.79 Å². The summed E-state index contributed by atoms with van der Waals surface area (Å²) < 4.78 is 6.55. The van der Waals surface area contributed by atoms with E-state index in [2.05, 4.69) is 26.1 Å². The molecule has 3 heterocycles. The minimum Gasteiger partial charge on any atom is -0.444 e. The summed E-state index contributed by atoms with van der Waals surface area (Å²) in [5, 5.41) is 2.78. The van der Waals surface area contributed by atoms with Gasteiger partial charge in [-0.1, -0.05) is 15.9 Å². The normalized spacial score (nSPS) is 29.0. The minimum absolute atomic E-state index is 0.0537. The number of hydrogen-bond acceptors (Lipinski definition) is 3. The Morgan fingerprint density at radius 1 is 1.26 bits per heavy atom. The molecule has 0 radical (unpaired) electrons. The van der Waals surface area contributed by atoms with Gasteiger partial charge in [0.1, 0.15) is 6.10 Å². The number of nitrogens with zero attached hydrogens (tertiary/aromatic N) is 1. The van der Waals surface area contributed by atoms with Crippen molar-refractivity contribution in [2.45, 2.75) is 18.9 Å². The summed E-state index contributed by atoms with van der Waals surface area (Å²) >= 11 is 3.36. The Balaban J connectivity index is 1.55. The molecule has 1 aromatic rings. The summed E-state index contributed by atoms with van der Waals surface area (Å²) in [4.78, 5) is 14.3. The van der Waals surface area contributed by atoms with Gasteiger partial charge >= 0.3 is 6.09 Å². The topological polar surface area (TPSA) is 41.6 Å². The minimum atomic E-state index is -0.346. The molecule has 1 atom stereocenters. The Morgan fingerprint density at radius 3 is 2.53 bits per heavy atom. The predicted octanol–water partition coefficient (Wildman–Crippen LogP) is 3.09. The van der Waals surface area contributed by atoms with Gasteiger partial charge in [-0.2, -0.15) is 0 Å². The van der Waals surface area contributed by atoms with Crippen molar-refractivity contribution >= 4 is 27.7 Å². The first kappa shape index (κ1) is 12.9. The number of halogens is 1. The van der Waals surface area contributed by atoms with E-state index in [-0.39, 0.29) is 12.2 Å². The molecule has 4 nitrogen and oxygen atoms in total. The quantitative estimate of drug-likeness (QED) is 0.909. The number of piperidine rings is 3. The van der Waals surface area contributed by atoms with Crippen LogP contribution < -0.4 is 5.32 Å². The molecule has 3 aliphatic heterocycles. The molecule has 3 aliphatic rings. The van der Waals surface area contributed by atoms with Crippen molar-refractivity contribution in [2.75, 3.05) is 25.0 Å². The lowest BCUT2D eigenvalue weighted by Crippen LogP contribution is -2.52. The lowest BCUT2D eigenvalue weighted by molar-refractivity contribution is -0.0289. The van der Waals surface area contributed by atoms with Crippen LogP contribution in [0, 0.1) is 5.92 Å². The third kappa shape index (κ3) is 3.09. The molecule has 0 aromatic heterocycles. The third-order valence-corrected chi connectivity index (χ3v) is 4.47. The van der Waals surface area contributed by atoms with Crippen LogP contribution in [-0.2, 0) is 4.74 Å². The van der Waals surface area contributed by atoms with Crippen molar-refractivity contribution < 1.29 is 9.53 Å². The highest BCUT2D eigenvalue weighted by molar-refractivity contribution is 9.10. The summed E-state index contributed by atoms with van der Waals surface area (Å²) in [5.74, 6) is 0.542. The number of anilines is 1. The molecule has 0 unspecified atom stereocenters. The van der Waals surface area contributed by atoms with Crippen molar-refractivity contribution in [3.8, 4) is 0 Å². The number of rotatable bonds is 2. The SMILES string of the molecule is O=[11C](Nc1ccc(Br)cc1)O[C@H]1CN2CCC1CC2. The van der Waals surface area contributed by atoms with E-state index in [4.69, 9.17) is 4.74 Å². The van der Waals surface area contributed by atoms with Crippen LogP contribution in [-0.4, -0.2) is 36.7 Å². The molecule has 3 saturated heterocycles. The van der Waals surface area contributed by atoms with Crippen molar-refractivity contribution in [3.05, 3.63) is 28.7 Å². The van der Waals surface area contributed by atoms with Gasteiger partial charge in [0.05, 0.1) is 0 Å². The molecule has 0 aliphatic carbocycles. The number of hydrogen-bond donors (Lipinski definition) is 1. The van der Waals surface area contributed by atoms with Crippen LogP contribution in [0.2, 0.25) is 0 Å². The monoisotopic (exact) mass is 323 g/mol. The summed E-state index contributed by atoms with van der Waals surface area (Å²) in [5.41, 5.74) is 0.759. The van der Waals surface area contributed by atoms with Crippen LogP contribution in [0.15, 0.2) is 28.7 Å². The summed E-state index contributed by atoms with van der Waals surface area (Å²) in [6.07, 6.45) is 2.01. The van der Waals surface area contributed by atoms with Gasteiger partial charge in [-0.15, -0.1) is 0 Å². The maximum absolute atomic E-state index is 11.9. The lowest BCUT2D eigenvalue weighted by Gasteiger charge is -2.43. The number of carbonyl (C=O) groups excluding carboxylic acids is 1. The van der Waals surface area contributed by atoms with Gasteiger partial charge in [0.25, 0.3) is 0 Å². The van der Waals surface area contributed by atoms with E-state index in [0.29, 0.717) is 5.92 Å².